The van der Waals surface area contributed by atoms with E-state index in [1.54, 1.807) is 28.3 Å². The van der Waals surface area contributed by atoms with Crippen LogP contribution in [0.2, 0.25) is 0 Å². The van der Waals surface area contributed by atoms with E-state index in [2.05, 4.69) is 12.2 Å². The molecule has 2 aromatic rings. The molecule has 2 heterocycles. The molecule has 186 valence electrons. The standard InChI is InChI=1S/C27H32N2O6/c1-5-34-26(30)16-35-23-8-6-7-17-9-10-19(29-27(17)23)11-18-14-28-22(15-31-2)21-13-25(33-4)24(32-3)12-20(18)21/h6-10,12-14,18,20-22H,5,11,15-16H2,1-4H3. The van der Waals surface area contributed by atoms with Gasteiger partial charge in [-0.05, 0) is 43.5 Å². The van der Waals surface area contributed by atoms with Gasteiger partial charge in [0.2, 0.25) is 0 Å². The van der Waals surface area contributed by atoms with Crippen LogP contribution in [0.1, 0.15) is 12.6 Å². The molecular weight excluding hydrogens is 448 g/mol. The van der Waals surface area contributed by atoms with Gasteiger partial charge >= 0.3 is 5.97 Å². The molecule has 1 aliphatic carbocycles. The number of allylic oxidation sites excluding steroid dienone is 1. The van der Waals surface area contributed by atoms with E-state index in [0.717, 1.165) is 22.6 Å². The zero-order chi connectivity index (χ0) is 24.8. The number of fused-ring (bicyclic) bond motifs is 2. The molecule has 0 fully saturated rings. The van der Waals surface area contributed by atoms with Crippen LogP contribution in [-0.2, 0) is 30.2 Å². The van der Waals surface area contributed by atoms with E-state index in [-0.39, 0.29) is 30.4 Å². The molecule has 1 aromatic carbocycles. The Kier molecular flexibility index (Phi) is 8.02. The van der Waals surface area contributed by atoms with Crippen LogP contribution in [0, 0.1) is 17.8 Å². The largest absolute Gasteiger partial charge is 0.493 e. The number of hydrogen-bond donors (Lipinski definition) is 0. The lowest BCUT2D eigenvalue weighted by Crippen LogP contribution is -2.40. The molecule has 1 aromatic heterocycles. The van der Waals surface area contributed by atoms with Crippen LogP contribution in [-0.4, -0.2) is 64.4 Å². The second-order valence-corrected chi connectivity index (χ2v) is 8.54. The number of benzene rings is 1. The van der Waals surface area contributed by atoms with Gasteiger partial charge in [0.25, 0.3) is 0 Å². The van der Waals surface area contributed by atoms with Crippen LogP contribution in [0.3, 0.4) is 0 Å². The first-order valence-corrected chi connectivity index (χ1v) is 11.8. The van der Waals surface area contributed by atoms with Gasteiger partial charge in [-0.3, -0.25) is 4.99 Å². The Labute approximate surface area is 205 Å². The first kappa shape index (κ1) is 24.7. The maximum atomic E-state index is 11.8. The number of pyridine rings is 1. The summed E-state index contributed by atoms with van der Waals surface area (Å²) in [5, 5.41) is 0.942. The third-order valence-corrected chi connectivity index (χ3v) is 6.40. The van der Waals surface area contributed by atoms with Crippen LogP contribution >= 0.6 is 0 Å². The fourth-order valence-electron chi connectivity index (χ4n) is 4.75. The summed E-state index contributed by atoms with van der Waals surface area (Å²) in [7, 11) is 4.99. The molecule has 0 spiro atoms. The lowest BCUT2D eigenvalue weighted by atomic mass is 9.72. The summed E-state index contributed by atoms with van der Waals surface area (Å²) in [5.41, 5.74) is 1.63. The van der Waals surface area contributed by atoms with Crippen molar-refractivity contribution in [2.24, 2.45) is 22.7 Å². The average molecular weight is 481 g/mol. The van der Waals surface area contributed by atoms with E-state index in [4.69, 9.17) is 33.7 Å². The lowest BCUT2D eigenvalue weighted by Gasteiger charge is -2.38. The van der Waals surface area contributed by atoms with Crippen molar-refractivity contribution in [3.8, 4) is 5.75 Å². The van der Waals surface area contributed by atoms with E-state index in [9.17, 15) is 4.79 Å². The van der Waals surface area contributed by atoms with E-state index < -0.39 is 5.97 Å². The molecule has 0 amide bonds. The molecular formula is C27H32N2O6. The van der Waals surface area contributed by atoms with Gasteiger partial charge in [-0.2, -0.15) is 0 Å². The topological polar surface area (TPSA) is 88.5 Å². The molecule has 0 N–H and O–H groups in total. The van der Waals surface area contributed by atoms with Crippen molar-refractivity contribution >= 4 is 23.1 Å². The number of nitrogens with zero attached hydrogens (tertiary/aromatic N) is 2. The van der Waals surface area contributed by atoms with Gasteiger partial charge in [0.05, 0.1) is 33.5 Å². The number of aliphatic imine (C=N–C) groups is 1. The van der Waals surface area contributed by atoms with Crippen molar-refractivity contribution in [3.05, 3.63) is 59.7 Å². The smallest absolute Gasteiger partial charge is 0.344 e. The summed E-state index contributed by atoms with van der Waals surface area (Å²) < 4.78 is 27.3. The molecule has 0 saturated heterocycles. The zero-order valence-electron chi connectivity index (χ0n) is 20.6. The number of aromatic nitrogens is 1. The highest BCUT2D eigenvalue weighted by Crippen LogP contribution is 2.39. The highest BCUT2D eigenvalue weighted by atomic mass is 16.6. The van der Waals surface area contributed by atoms with Crippen molar-refractivity contribution < 1.29 is 28.5 Å². The Morgan fingerprint density at radius 1 is 1.00 bits per heavy atom. The van der Waals surface area contributed by atoms with E-state index in [1.165, 1.54) is 0 Å². The molecule has 4 rings (SSSR count). The van der Waals surface area contributed by atoms with Crippen molar-refractivity contribution in [2.75, 3.05) is 41.2 Å². The average Bonchev–Trinajstić information content (AvgIpc) is 2.88. The number of hydrogen-bond acceptors (Lipinski definition) is 8. The highest BCUT2D eigenvalue weighted by molar-refractivity contribution is 5.85. The number of rotatable bonds is 10. The van der Waals surface area contributed by atoms with Crippen LogP contribution < -0.4 is 4.74 Å². The predicted molar refractivity (Wildman–Crippen MR) is 132 cm³/mol. The summed E-state index contributed by atoms with van der Waals surface area (Å²) in [6, 6.07) is 9.74. The Morgan fingerprint density at radius 3 is 2.49 bits per heavy atom. The van der Waals surface area contributed by atoms with Crippen LogP contribution in [0.5, 0.6) is 5.75 Å². The Balaban J connectivity index is 1.60. The molecule has 4 atom stereocenters. The lowest BCUT2D eigenvalue weighted by molar-refractivity contribution is -0.145. The summed E-state index contributed by atoms with van der Waals surface area (Å²) in [5.74, 6) is 2.00. The minimum Gasteiger partial charge on any atom is -0.493 e. The molecule has 1 aliphatic heterocycles. The number of para-hydroxylation sites is 1. The summed E-state index contributed by atoms with van der Waals surface area (Å²) in [4.78, 5) is 21.5. The number of methoxy groups -OCH3 is 3. The van der Waals surface area contributed by atoms with Gasteiger partial charge in [0.15, 0.2) is 18.1 Å². The Morgan fingerprint density at radius 2 is 1.77 bits per heavy atom. The fourth-order valence-corrected chi connectivity index (χ4v) is 4.75. The molecule has 8 nitrogen and oxygen atoms in total. The van der Waals surface area contributed by atoms with Crippen LogP contribution in [0.4, 0.5) is 0 Å². The number of carbonyl (C=O) groups is 1. The highest BCUT2D eigenvalue weighted by Gasteiger charge is 2.39. The molecule has 8 heteroatoms. The number of ether oxygens (including phenoxy) is 5. The minimum atomic E-state index is -0.405. The predicted octanol–water partition coefficient (Wildman–Crippen LogP) is 3.74. The van der Waals surface area contributed by atoms with Crippen molar-refractivity contribution in [2.45, 2.75) is 19.4 Å². The monoisotopic (exact) mass is 480 g/mol. The van der Waals surface area contributed by atoms with Crippen LogP contribution in [0.15, 0.2) is 59.0 Å². The van der Waals surface area contributed by atoms with Gasteiger partial charge in [-0.1, -0.05) is 18.2 Å². The first-order chi connectivity index (χ1) is 17.1. The molecule has 0 radical (unpaired) electrons. The molecule has 2 aliphatic rings. The van der Waals surface area contributed by atoms with Crippen molar-refractivity contribution in [1.29, 1.82) is 0 Å². The molecule has 35 heavy (non-hydrogen) atoms. The number of carbonyl (C=O) groups excluding carboxylic acids is 1. The van der Waals surface area contributed by atoms with Gasteiger partial charge < -0.3 is 23.7 Å². The SMILES string of the molecule is CCOC(=O)COc1cccc2ccc(CC3C=NC(COC)C4C=C(OC)C(OC)=CC34)nc12. The normalized spacial score (nSPS) is 23.2. The second-order valence-electron chi connectivity index (χ2n) is 8.54. The fraction of sp³-hybridized carbons (Fsp3) is 0.444. The summed E-state index contributed by atoms with van der Waals surface area (Å²) in [6.45, 7) is 2.46. The first-order valence-electron chi connectivity index (χ1n) is 11.8. The van der Waals surface area contributed by atoms with Crippen LogP contribution in [0.25, 0.3) is 10.9 Å². The molecule has 0 bridgehead atoms. The maximum Gasteiger partial charge on any atom is 0.344 e. The summed E-state index contributed by atoms with van der Waals surface area (Å²) in [6.07, 6.45) is 6.95. The van der Waals surface area contributed by atoms with Gasteiger partial charge in [-0.25, -0.2) is 9.78 Å². The quantitative estimate of drug-likeness (QED) is 0.479. The minimum absolute atomic E-state index is 0.00787. The van der Waals surface area contributed by atoms with Crippen molar-refractivity contribution in [1.82, 2.24) is 4.98 Å². The van der Waals surface area contributed by atoms with Crippen molar-refractivity contribution in [3.63, 3.8) is 0 Å². The second kappa shape index (κ2) is 11.4. The number of esters is 1. The van der Waals surface area contributed by atoms with E-state index >= 15 is 0 Å². The van der Waals surface area contributed by atoms with Gasteiger partial charge in [0.1, 0.15) is 11.3 Å². The third kappa shape index (κ3) is 5.48. The zero-order valence-corrected chi connectivity index (χ0v) is 20.6. The van der Waals surface area contributed by atoms with Gasteiger partial charge in [-0.15, -0.1) is 0 Å². The van der Waals surface area contributed by atoms with E-state index in [0.29, 0.717) is 30.9 Å². The van der Waals surface area contributed by atoms with E-state index in [1.807, 2.05) is 36.5 Å². The Hall–Kier alpha value is -3.39. The maximum absolute atomic E-state index is 11.8. The Bertz CT molecular complexity index is 1140. The third-order valence-electron chi connectivity index (χ3n) is 6.40. The van der Waals surface area contributed by atoms with Gasteiger partial charge in [0, 0.05) is 36.2 Å². The molecule has 4 unspecified atom stereocenters. The molecule has 0 saturated carbocycles. The summed E-state index contributed by atoms with van der Waals surface area (Å²) >= 11 is 0.